The van der Waals surface area contributed by atoms with E-state index in [0.29, 0.717) is 5.82 Å². The van der Waals surface area contributed by atoms with Gasteiger partial charge in [0.05, 0.1) is 12.2 Å². The highest BCUT2D eigenvalue weighted by Crippen LogP contribution is 2.28. The van der Waals surface area contributed by atoms with Gasteiger partial charge in [-0.1, -0.05) is 12.1 Å². The predicted molar refractivity (Wildman–Crippen MR) is 134 cm³/mol. The number of carbonyl (C=O) groups excluding carboxylic acids is 1. The Kier molecular flexibility index (Phi) is 4.98. The SMILES string of the molecule is CC(=O)N1CCN(c2ccc(Nc3nc(-c4ccc5c(c4)CN=C5)cn4ccnc34)cc2)CC1. The van der Waals surface area contributed by atoms with Crippen LogP contribution in [-0.4, -0.2) is 57.6 Å². The Hall–Kier alpha value is -4.20. The summed E-state index contributed by atoms with van der Waals surface area (Å²) >= 11 is 0. The molecule has 6 rings (SSSR count). The highest BCUT2D eigenvalue weighted by Gasteiger charge is 2.19. The number of hydrogen-bond acceptors (Lipinski definition) is 6. The number of hydrogen-bond donors (Lipinski definition) is 1. The molecule has 0 bridgehead atoms. The molecule has 0 atom stereocenters. The Morgan fingerprint density at radius 3 is 2.65 bits per heavy atom. The maximum Gasteiger partial charge on any atom is 0.219 e. The van der Waals surface area contributed by atoms with Gasteiger partial charge in [-0.15, -0.1) is 0 Å². The molecule has 2 aromatic carbocycles. The number of nitrogens with zero attached hydrogens (tertiary/aromatic N) is 6. The van der Waals surface area contributed by atoms with E-state index >= 15 is 0 Å². The second-order valence-corrected chi connectivity index (χ2v) is 8.68. The van der Waals surface area contributed by atoms with Gasteiger partial charge in [-0.25, -0.2) is 9.97 Å². The van der Waals surface area contributed by atoms with Crippen molar-refractivity contribution < 1.29 is 4.79 Å². The number of rotatable bonds is 4. The predicted octanol–water partition coefficient (Wildman–Crippen LogP) is 3.74. The Balaban J connectivity index is 1.24. The van der Waals surface area contributed by atoms with Gasteiger partial charge in [0.2, 0.25) is 5.91 Å². The smallest absolute Gasteiger partial charge is 0.219 e. The fourth-order valence-electron chi connectivity index (χ4n) is 4.60. The van der Waals surface area contributed by atoms with E-state index in [2.05, 4.69) is 62.7 Å². The number of piperazine rings is 1. The first-order valence-electron chi connectivity index (χ1n) is 11.5. The molecule has 8 heteroatoms. The third kappa shape index (κ3) is 3.77. The second kappa shape index (κ2) is 8.30. The molecule has 1 N–H and O–H groups in total. The summed E-state index contributed by atoms with van der Waals surface area (Å²) in [5.74, 6) is 0.856. The largest absolute Gasteiger partial charge is 0.368 e. The Morgan fingerprint density at radius 1 is 1.03 bits per heavy atom. The molecule has 4 heterocycles. The van der Waals surface area contributed by atoms with Crippen LogP contribution in [0.15, 0.2) is 66.0 Å². The average molecular weight is 452 g/mol. The van der Waals surface area contributed by atoms with Gasteiger partial charge in [-0.3, -0.25) is 9.79 Å². The van der Waals surface area contributed by atoms with Crippen LogP contribution in [-0.2, 0) is 11.3 Å². The number of nitrogens with one attached hydrogen (secondary N) is 1. The van der Waals surface area contributed by atoms with Crippen LogP contribution in [0.4, 0.5) is 17.2 Å². The van der Waals surface area contributed by atoms with Crippen LogP contribution in [0, 0.1) is 0 Å². The van der Waals surface area contributed by atoms with Crippen LogP contribution >= 0.6 is 0 Å². The molecular formula is C26H25N7O. The molecule has 1 fully saturated rings. The molecule has 0 saturated carbocycles. The lowest BCUT2D eigenvalue weighted by Crippen LogP contribution is -2.48. The summed E-state index contributed by atoms with van der Waals surface area (Å²) in [5, 5.41) is 3.46. The molecule has 0 aliphatic carbocycles. The van der Waals surface area contributed by atoms with Crippen molar-refractivity contribution in [3.63, 3.8) is 0 Å². The van der Waals surface area contributed by atoms with Gasteiger partial charge >= 0.3 is 0 Å². The number of aliphatic imine (C=N–C) groups is 1. The number of carbonyl (C=O) groups is 1. The monoisotopic (exact) mass is 451 g/mol. The van der Waals surface area contributed by atoms with Gasteiger partial charge in [0.25, 0.3) is 0 Å². The zero-order valence-electron chi connectivity index (χ0n) is 19.0. The number of benzene rings is 2. The average Bonchev–Trinajstić information content (AvgIpc) is 3.53. The first-order valence-corrected chi connectivity index (χ1v) is 11.5. The minimum absolute atomic E-state index is 0.146. The quantitative estimate of drug-likeness (QED) is 0.511. The summed E-state index contributed by atoms with van der Waals surface area (Å²) in [5.41, 5.74) is 7.21. The molecule has 1 amide bonds. The summed E-state index contributed by atoms with van der Waals surface area (Å²) in [6, 6.07) is 14.7. The number of anilines is 3. The number of fused-ring (bicyclic) bond motifs is 2. The molecule has 0 unspecified atom stereocenters. The van der Waals surface area contributed by atoms with E-state index in [1.54, 1.807) is 13.1 Å². The lowest BCUT2D eigenvalue weighted by atomic mass is 10.0. The van der Waals surface area contributed by atoms with E-state index in [0.717, 1.165) is 61.0 Å². The number of aromatic nitrogens is 3. The summed E-state index contributed by atoms with van der Waals surface area (Å²) < 4.78 is 2.00. The van der Waals surface area contributed by atoms with Crippen molar-refractivity contribution in [3.05, 3.63) is 72.2 Å². The zero-order chi connectivity index (χ0) is 23.1. The zero-order valence-corrected chi connectivity index (χ0v) is 19.0. The minimum Gasteiger partial charge on any atom is -0.368 e. The number of amides is 1. The maximum absolute atomic E-state index is 11.6. The summed E-state index contributed by atoms with van der Waals surface area (Å²) in [4.78, 5) is 29.6. The van der Waals surface area contributed by atoms with E-state index in [-0.39, 0.29) is 5.91 Å². The molecule has 2 aromatic heterocycles. The summed E-state index contributed by atoms with van der Waals surface area (Å²) in [6.07, 6.45) is 7.65. The highest BCUT2D eigenvalue weighted by atomic mass is 16.2. The van der Waals surface area contributed by atoms with Gasteiger partial charge in [0.15, 0.2) is 11.5 Å². The van der Waals surface area contributed by atoms with Crippen molar-refractivity contribution in [1.29, 1.82) is 0 Å². The molecule has 2 aliphatic heterocycles. The van der Waals surface area contributed by atoms with Crippen molar-refractivity contribution in [1.82, 2.24) is 19.3 Å². The third-order valence-corrected chi connectivity index (χ3v) is 6.53. The maximum atomic E-state index is 11.6. The fraction of sp³-hybridized carbons (Fsp3) is 0.231. The molecule has 1 saturated heterocycles. The van der Waals surface area contributed by atoms with E-state index in [1.807, 2.05) is 27.9 Å². The molecule has 0 spiro atoms. The fourth-order valence-corrected chi connectivity index (χ4v) is 4.60. The van der Waals surface area contributed by atoms with Crippen LogP contribution < -0.4 is 10.2 Å². The highest BCUT2D eigenvalue weighted by molar-refractivity contribution is 5.86. The summed E-state index contributed by atoms with van der Waals surface area (Å²) in [7, 11) is 0. The van der Waals surface area contributed by atoms with Gasteiger partial charge in [-0.05, 0) is 41.5 Å². The molecule has 4 aromatic rings. The third-order valence-electron chi connectivity index (χ3n) is 6.53. The Bertz CT molecular complexity index is 1400. The molecule has 34 heavy (non-hydrogen) atoms. The van der Waals surface area contributed by atoms with Gasteiger partial charge < -0.3 is 19.5 Å². The molecule has 170 valence electrons. The van der Waals surface area contributed by atoms with Crippen molar-refractivity contribution in [3.8, 4) is 11.3 Å². The standard InChI is InChI=1S/C26H25N7O/c1-18(34)31-10-12-32(13-11-31)23-6-4-22(5-7-23)29-25-26-28-8-9-33(26)17-24(30-25)19-2-3-20-15-27-16-21(20)14-19/h2-9,14-15,17H,10-13,16H2,1H3,(H,29,30). The van der Waals surface area contributed by atoms with Crippen LogP contribution in [0.2, 0.25) is 0 Å². The van der Waals surface area contributed by atoms with E-state index in [1.165, 1.54) is 11.1 Å². The van der Waals surface area contributed by atoms with Crippen molar-refractivity contribution in [2.75, 3.05) is 36.4 Å². The van der Waals surface area contributed by atoms with E-state index in [4.69, 9.17) is 4.98 Å². The van der Waals surface area contributed by atoms with Crippen molar-refractivity contribution >= 4 is 35.0 Å². The van der Waals surface area contributed by atoms with Crippen molar-refractivity contribution in [2.45, 2.75) is 13.5 Å². The van der Waals surface area contributed by atoms with Crippen LogP contribution in [0.1, 0.15) is 18.1 Å². The topological polar surface area (TPSA) is 78.1 Å². The second-order valence-electron chi connectivity index (χ2n) is 8.68. The molecular weight excluding hydrogens is 426 g/mol. The Labute approximate surface area is 197 Å². The lowest BCUT2D eigenvalue weighted by Gasteiger charge is -2.35. The molecule has 2 aliphatic rings. The van der Waals surface area contributed by atoms with E-state index < -0.39 is 0 Å². The summed E-state index contributed by atoms with van der Waals surface area (Å²) in [6.45, 7) is 5.57. The molecule has 0 radical (unpaired) electrons. The number of imidazole rings is 1. The normalized spacial score (nSPS) is 15.1. The minimum atomic E-state index is 0.146. The van der Waals surface area contributed by atoms with Crippen LogP contribution in [0.25, 0.3) is 16.9 Å². The van der Waals surface area contributed by atoms with Gasteiger partial charge in [0.1, 0.15) is 0 Å². The van der Waals surface area contributed by atoms with Crippen molar-refractivity contribution in [2.24, 2.45) is 4.99 Å². The van der Waals surface area contributed by atoms with Crippen LogP contribution in [0.3, 0.4) is 0 Å². The lowest BCUT2D eigenvalue weighted by molar-refractivity contribution is -0.129. The molecule has 8 nitrogen and oxygen atoms in total. The Morgan fingerprint density at radius 2 is 1.85 bits per heavy atom. The van der Waals surface area contributed by atoms with Gasteiger partial charge in [-0.2, -0.15) is 0 Å². The first-order chi connectivity index (χ1) is 16.6. The first kappa shape index (κ1) is 20.4. The van der Waals surface area contributed by atoms with Crippen LogP contribution in [0.5, 0.6) is 0 Å². The van der Waals surface area contributed by atoms with Gasteiger partial charge in [0, 0.05) is 74.8 Å². The van der Waals surface area contributed by atoms with E-state index in [9.17, 15) is 4.79 Å².